The van der Waals surface area contributed by atoms with Gasteiger partial charge in [0.1, 0.15) is 5.75 Å². The number of carbonyl (C=O) groups is 2. The van der Waals surface area contributed by atoms with E-state index in [1.807, 2.05) is 0 Å². The Morgan fingerprint density at radius 1 is 1.03 bits per heavy atom. The first-order chi connectivity index (χ1) is 15.4. The van der Waals surface area contributed by atoms with Crippen molar-refractivity contribution in [2.24, 2.45) is 0 Å². The molecule has 0 aliphatic heterocycles. The number of nitro groups is 1. The van der Waals surface area contributed by atoms with Crippen molar-refractivity contribution in [1.29, 1.82) is 0 Å². The number of halogens is 1. The molecule has 32 heavy (non-hydrogen) atoms. The van der Waals surface area contributed by atoms with Crippen molar-refractivity contribution in [2.75, 3.05) is 17.7 Å². The number of ether oxygens (including phenoxy) is 1. The molecular formula is C23H18ClN3O5. The smallest absolute Gasteiger partial charge is 0.270 e. The molecule has 8 nitrogen and oxygen atoms in total. The van der Waals surface area contributed by atoms with Crippen LogP contribution in [0.5, 0.6) is 5.75 Å². The molecule has 3 rings (SSSR count). The summed E-state index contributed by atoms with van der Waals surface area (Å²) >= 11 is 6.06. The van der Waals surface area contributed by atoms with Gasteiger partial charge in [-0.2, -0.15) is 0 Å². The molecule has 162 valence electrons. The molecule has 0 aliphatic carbocycles. The summed E-state index contributed by atoms with van der Waals surface area (Å²) < 4.78 is 5.32. The van der Waals surface area contributed by atoms with Gasteiger partial charge >= 0.3 is 0 Å². The number of nitrogens with zero attached hydrogens (tertiary/aromatic N) is 1. The molecule has 0 unspecified atom stereocenters. The highest BCUT2D eigenvalue weighted by Crippen LogP contribution is 2.29. The highest BCUT2D eigenvalue weighted by Gasteiger charge is 2.13. The van der Waals surface area contributed by atoms with Crippen LogP contribution in [-0.2, 0) is 4.79 Å². The fraction of sp³-hybridized carbons (Fsp3) is 0.0435. The molecule has 0 saturated carbocycles. The summed E-state index contributed by atoms with van der Waals surface area (Å²) in [5, 5.41) is 16.6. The lowest BCUT2D eigenvalue weighted by Gasteiger charge is -2.13. The number of hydrogen-bond donors (Lipinski definition) is 2. The molecule has 0 spiro atoms. The number of nitrogens with one attached hydrogen (secondary N) is 2. The maximum Gasteiger partial charge on any atom is 0.270 e. The van der Waals surface area contributed by atoms with E-state index in [0.717, 1.165) is 0 Å². The number of rotatable bonds is 7. The van der Waals surface area contributed by atoms with Gasteiger partial charge in [-0.25, -0.2) is 0 Å². The summed E-state index contributed by atoms with van der Waals surface area (Å²) in [5.74, 6) is -0.497. The zero-order valence-electron chi connectivity index (χ0n) is 16.9. The predicted octanol–water partition coefficient (Wildman–Crippen LogP) is 5.16. The Morgan fingerprint density at radius 3 is 2.53 bits per heavy atom. The van der Waals surface area contributed by atoms with Gasteiger partial charge in [0.2, 0.25) is 5.91 Å². The normalized spacial score (nSPS) is 10.6. The number of methoxy groups -OCH3 is 1. The third-order valence-corrected chi connectivity index (χ3v) is 4.67. The Labute approximate surface area is 188 Å². The van der Waals surface area contributed by atoms with E-state index in [1.165, 1.54) is 37.5 Å². The predicted molar refractivity (Wildman–Crippen MR) is 123 cm³/mol. The topological polar surface area (TPSA) is 111 Å². The number of amides is 2. The molecule has 0 aliphatic rings. The van der Waals surface area contributed by atoms with Gasteiger partial charge < -0.3 is 15.4 Å². The summed E-state index contributed by atoms with van der Waals surface area (Å²) in [4.78, 5) is 35.0. The van der Waals surface area contributed by atoms with Gasteiger partial charge in [-0.3, -0.25) is 19.7 Å². The second kappa shape index (κ2) is 10.2. The molecule has 0 fully saturated rings. The molecular weight excluding hydrogens is 434 g/mol. The van der Waals surface area contributed by atoms with Crippen molar-refractivity contribution < 1.29 is 19.2 Å². The van der Waals surface area contributed by atoms with Crippen LogP contribution in [0.15, 0.2) is 72.8 Å². The van der Waals surface area contributed by atoms with Crippen molar-refractivity contribution in [3.05, 3.63) is 99.1 Å². The van der Waals surface area contributed by atoms with E-state index in [2.05, 4.69) is 10.6 Å². The molecule has 3 aromatic carbocycles. The van der Waals surface area contributed by atoms with Gasteiger partial charge in [0, 0.05) is 30.0 Å². The third kappa shape index (κ3) is 5.71. The zero-order chi connectivity index (χ0) is 23.1. The molecule has 0 atom stereocenters. The van der Waals surface area contributed by atoms with Gasteiger partial charge in [-0.05, 0) is 35.9 Å². The number of anilines is 2. The molecule has 2 N–H and O–H groups in total. The largest absolute Gasteiger partial charge is 0.494 e. The molecule has 0 aromatic heterocycles. The lowest BCUT2D eigenvalue weighted by molar-refractivity contribution is -0.384. The van der Waals surface area contributed by atoms with Gasteiger partial charge in [0.25, 0.3) is 11.6 Å². The van der Waals surface area contributed by atoms with E-state index in [4.69, 9.17) is 16.3 Å². The summed E-state index contributed by atoms with van der Waals surface area (Å²) in [6.45, 7) is 0. The first kappa shape index (κ1) is 22.5. The van der Waals surface area contributed by atoms with Crippen molar-refractivity contribution in [3.63, 3.8) is 0 Å². The van der Waals surface area contributed by atoms with E-state index in [0.29, 0.717) is 33.3 Å². The Balaban J connectivity index is 1.69. The highest BCUT2D eigenvalue weighted by atomic mass is 35.5. The van der Waals surface area contributed by atoms with E-state index < -0.39 is 16.7 Å². The van der Waals surface area contributed by atoms with Crippen molar-refractivity contribution in [1.82, 2.24) is 0 Å². The Bertz CT molecular complexity index is 1210. The van der Waals surface area contributed by atoms with Crippen LogP contribution < -0.4 is 15.4 Å². The molecule has 0 radical (unpaired) electrons. The average molecular weight is 452 g/mol. The van der Waals surface area contributed by atoms with Crippen molar-refractivity contribution in [3.8, 4) is 5.75 Å². The lowest BCUT2D eigenvalue weighted by Crippen LogP contribution is -2.13. The minimum Gasteiger partial charge on any atom is -0.494 e. The van der Waals surface area contributed by atoms with Crippen LogP contribution in [0, 0.1) is 10.1 Å². The standard InChI is InChI=1S/C23H18ClN3O5/c1-32-21-14-16(10-11-20(21)26-23(29)18-7-2-3-8-19(18)24)25-22(28)12-9-15-5-4-6-17(13-15)27(30)31/h2-14H,1H3,(H,25,28)(H,26,29)/b12-9+. The summed E-state index contributed by atoms with van der Waals surface area (Å²) in [6.07, 6.45) is 2.73. The average Bonchev–Trinajstić information content (AvgIpc) is 2.79. The van der Waals surface area contributed by atoms with Gasteiger partial charge in [0.05, 0.1) is 28.3 Å². The third-order valence-electron chi connectivity index (χ3n) is 4.34. The Kier molecular flexibility index (Phi) is 7.20. The quantitative estimate of drug-likeness (QED) is 0.293. The van der Waals surface area contributed by atoms with Crippen molar-refractivity contribution in [2.45, 2.75) is 0 Å². The molecule has 0 bridgehead atoms. The Hall–Kier alpha value is -4.17. The van der Waals surface area contributed by atoms with Crippen LogP contribution in [0.3, 0.4) is 0 Å². The molecule has 0 heterocycles. The van der Waals surface area contributed by atoms with Crippen LogP contribution >= 0.6 is 11.6 Å². The molecule has 3 aromatic rings. The minimum absolute atomic E-state index is 0.0632. The maximum absolute atomic E-state index is 12.5. The summed E-state index contributed by atoms with van der Waals surface area (Å²) in [7, 11) is 1.44. The monoisotopic (exact) mass is 451 g/mol. The first-order valence-electron chi connectivity index (χ1n) is 9.35. The van der Waals surface area contributed by atoms with Crippen LogP contribution in [0.25, 0.3) is 6.08 Å². The number of hydrogen-bond acceptors (Lipinski definition) is 5. The summed E-state index contributed by atoms with van der Waals surface area (Å²) in [6, 6.07) is 17.3. The van der Waals surface area contributed by atoms with Crippen LogP contribution in [-0.4, -0.2) is 23.8 Å². The highest BCUT2D eigenvalue weighted by molar-refractivity contribution is 6.34. The second-order valence-electron chi connectivity index (χ2n) is 6.52. The van der Waals surface area contributed by atoms with Crippen molar-refractivity contribution >= 4 is 46.6 Å². The van der Waals surface area contributed by atoms with Crippen LogP contribution in [0.4, 0.5) is 17.1 Å². The first-order valence-corrected chi connectivity index (χ1v) is 9.72. The molecule has 0 saturated heterocycles. The number of benzene rings is 3. The Morgan fingerprint density at radius 2 is 1.81 bits per heavy atom. The lowest BCUT2D eigenvalue weighted by atomic mass is 10.2. The zero-order valence-corrected chi connectivity index (χ0v) is 17.6. The van der Waals surface area contributed by atoms with E-state index >= 15 is 0 Å². The van der Waals surface area contributed by atoms with Gasteiger partial charge in [0.15, 0.2) is 0 Å². The minimum atomic E-state index is -0.504. The van der Waals surface area contributed by atoms with Gasteiger partial charge in [-0.15, -0.1) is 0 Å². The second-order valence-corrected chi connectivity index (χ2v) is 6.93. The number of non-ortho nitro benzene ring substituents is 1. The number of nitro benzene ring substituents is 1. The van der Waals surface area contributed by atoms with E-state index in [1.54, 1.807) is 48.5 Å². The molecule has 2 amide bonds. The summed E-state index contributed by atoms with van der Waals surface area (Å²) in [5.41, 5.74) is 1.62. The van der Waals surface area contributed by atoms with Crippen LogP contribution in [0.2, 0.25) is 5.02 Å². The van der Waals surface area contributed by atoms with E-state index in [9.17, 15) is 19.7 Å². The number of carbonyl (C=O) groups excluding carboxylic acids is 2. The van der Waals surface area contributed by atoms with Crippen LogP contribution in [0.1, 0.15) is 15.9 Å². The molecule has 9 heteroatoms. The fourth-order valence-corrected chi connectivity index (χ4v) is 3.03. The maximum atomic E-state index is 12.5. The SMILES string of the molecule is COc1cc(NC(=O)/C=C/c2cccc([N+](=O)[O-])c2)ccc1NC(=O)c1ccccc1Cl. The van der Waals surface area contributed by atoms with E-state index in [-0.39, 0.29) is 5.69 Å². The fourth-order valence-electron chi connectivity index (χ4n) is 2.81. The van der Waals surface area contributed by atoms with Gasteiger partial charge in [-0.1, -0.05) is 35.9 Å².